The van der Waals surface area contributed by atoms with E-state index >= 15 is 0 Å². The third-order valence-electron chi connectivity index (χ3n) is 3.49. The van der Waals surface area contributed by atoms with Crippen LogP contribution in [0, 0.1) is 11.6 Å². The first kappa shape index (κ1) is 16.5. The van der Waals surface area contributed by atoms with Crippen LogP contribution in [0.25, 0.3) is 0 Å². The molecule has 22 heavy (non-hydrogen) atoms. The van der Waals surface area contributed by atoms with Crippen molar-refractivity contribution in [2.75, 3.05) is 19.6 Å². The molecule has 2 rings (SSSR count). The van der Waals surface area contributed by atoms with Crippen LogP contribution in [-0.2, 0) is 5.92 Å². The third kappa shape index (κ3) is 4.06. The highest BCUT2D eigenvalue weighted by atomic mass is 19.3. The first-order chi connectivity index (χ1) is 10.3. The molecule has 1 aliphatic heterocycles. The molecule has 0 saturated carbocycles. The first-order valence-corrected chi connectivity index (χ1v) is 6.69. The molecule has 1 aliphatic rings. The lowest BCUT2D eigenvalue weighted by Crippen LogP contribution is -2.47. The second-order valence-corrected chi connectivity index (χ2v) is 5.19. The summed E-state index contributed by atoms with van der Waals surface area (Å²) in [6.45, 7) is -0.241. The maximum Gasteiger partial charge on any atom is 0.404 e. The molecule has 0 spiro atoms. The van der Waals surface area contributed by atoms with Crippen molar-refractivity contribution in [3.8, 4) is 0 Å². The van der Waals surface area contributed by atoms with Gasteiger partial charge in [-0.1, -0.05) is 0 Å². The zero-order valence-corrected chi connectivity index (χ0v) is 11.5. The van der Waals surface area contributed by atoms with Crippen molar-refractivity contribution in [1.29, 1.82) is 0 Å². The smallest absolute Gasteiger partial charge is 0.404 e. The average Bonchev–Trinajstić information content (AvgIpc) is 2.39. The van der Waals surface area contributed by atoms with Crippen LogP contribution in [0.4, 0.5) is 22.4 Å². The summed E-state index contributed by atoms with van der Waals surface area (Å²) in [5.41, 5.74) is -1.08. The van der Waals surface area contributed by atoms with Gasteiger partial charge in [0.1, 0.15) is 11.5 Å². The summed E-state index contributed by atoms with van der Waals surface area (Å²) < 4.78 is 54.3. The fourth-order valence-electron chi connectivity index (χ4n) is 2.45. The van der Waals surface area contributed by atoms with E-state index in [0.717, 1.165) is 0 Å². The van der Waals surface area contributed by atoms with E-state index in [4.69, 9.17) is 5.11 Å². The molecule has 0 aliphatic carbocycles. The molecule has 0 aromatic carbocycles. The molecule has 0 unspecified atom stereocenters. The van der Waals surface area contributed by atoms with Crippen LogP contribution in [-0.4, -0.2) is 46.8 Å². The molecular weight excluding hydrogens is 306 g/mol. The van der Waals surface area contributed by atoms with E-state index in [1.54, 1.807) is 0 Å². The zero-order valence-electron chi connectivity index (χ0n) is 11.5. The van der Waals surface area contributed by atoms with Crippen LogP contribution in [0.5, 0.6) is 0 Å². The quantitative estimate of drug-likeness (QED) is 0.834. The minimum absolute atomic E-state index is 0.253. The summed E-state index contributed by atoms with van der Waals surface area (Å²) in [5, 5.41) is 10.9. The predicted molar refractivity (Wildman–Crippen MR) is 68.7 cm³/mol. The Morgan fingerprint density at radius 3 is 2.59 bits per heavy atom. The highest BCUT2D eigenvalue weighted by Crippen LogP contribution is 2.30. The fraction of sp³-hybridized carbons (Fsp3) is 0.538. The van der Waals surface area contributed by atoms with Crippen molar-refractivity contribution in [1.82, 2.24) is 15.2 Å². The molecular formula is C13H15F4N3O2. The number of alkyl halides is 2. The normalized spacial score (nSPS) is 17.5. The number of rotatable bonds is 4. The number of hydrogen-bond acceptors (Lipinski definition) is 3. The van der Waals surface area contributed by atoms with Gasteiger partial charge in [-0.05, 0) is 12.8 Å². The molecule has 1 amide bonds. The third-order valence-corrected chi connectivity index (χ3v) is 3.49. The molecule has 122 valence electrons. The molecule has 1 saturated heterocycles. The molecule has 0 radical (unpaired) electrons. The summed E-state index contributed by atoms with van der Waals surface area (Å²) in [5.74, 6) is -5.95. The van der Waals surface area contributed by atoms with Gasteiger partial charge in [-0.3, -0.25) is 4.90 Å². The van der Waals surface area contributed by atoms with E-state index in [2.05, 4.69) is 10.3 Å². The second kappa shape index (κ2) is 6.47. The topological polar surface area (TPSA) is 65.5 Å². The molecule has 1 aromatic heterocycles. The van der Waals surface area contributed by atoms with Crippen LogP contribution in [0.3, 0.4) is 0 Å². The van der Waals surface area contributed by atoms with Crippen LogP contribution in [0.2, 0.25) is 0 Å². The standard InChI is InChI=1S/C13H15F4N3O2/c14-8-5-10(15)11(18-6-8)13(16,17)7-20-3-1-9(2-4-20)19-12(21)22/h5-6,9,19H,1-4,7H2,(H,21,22). The largest absolute Gasteiger partial charge is 0.465 e. The van der Waals surface area contributed by atoms with Crippen LogP contribution < -0.4 is 5.32 Å². The Morgan fingerprint density at radius 2 is 2.05 bits per heavy atom. The Labute approximate surface area is 123 Å². The van der Waals surface area contributed by atoms with Crippen molar-refractivity contribution in [3.63, 3.8) is 0 Å². The molecule has 2 N–H and O–H groups in total. The van der Waals surface area contributed by atoms with E-state index in [1.807, 2.05) is 0 Å². The number of nitrogens with zero attached hydrogens (tertiary/aromatic N) is 2. The number of likely N-dealkylation sites (tertiary alicyclic amines) is 1. The van der Waals surface area contributed by atoms with Gasteiger partial charge in [-0.2, -0.15) is 8.78 Å². The first-order valence-electron chi connectivity index (χ1n) is 6.69. The second-order valence-electron chi connectivity index (χ2n) is 5.19. The number of piperidine rings is 1. The summed E-state index contributed by atoms with van der Waals surface area (Å²) in [4.78, 5) is 15.1. The Kier molecular flexibility index (Phi) is 4.84. The van der Waals surface area contributed by atoms with Crippen LogP contribution in [0.1, 0.15) is 18.5 Å². The van der Waals surface area contributed by atoms with Gasteiger partial charge in [0.25, 0.3) is 0 Å². The van der Waals surface area contributed by atoms with Gasteiger partial charge in [0, 0.05) is 25.2 Å². The van der Waals surface area contributed by atoms with Gasteiger partial charge < -0.3 is 10.4 Å². The number of nitrogens with one attached hydrogen (secondary N) is 1. The van der Waals surface area contributed by atoms with E-state index < -0.39 is 35.9 Å². The minimum atomic E-state index is -3.55. The number of halogens is 4. The number of amides is 1. The Balaban J connectivity index is 1.97. The highest BCUT2D eigenvalue weighted by molar-refractivity contribution is 5.64. The van der Waals surface area contributed by atoms with Crippen molar-refractivity contribution < 1.29 is 27.5 Å². The minimum Gasteiger partial charge on any atom is -0.465 e. The van der Waals surface area contributed by atoms with E-state index in [-0.39, 0.29) is 19.1 Å². The van der Waals surface area contributed by atoms with Crippen molar-refractivity contribution in [3.05, 3.63) is 29.6 Å². The van der Waals surface area contributed by atoms with Gasteiger partial charge in [0.05, 0.1) is 12.7 Å². The van der Waals surface area contributed by atoms with Crippen LogP contribution in [0.15, 0.2) is 12.3 Å². The van der Waals surface area contributed by atoms with E-state index in [9.17, 15) is 22.4 Å². The lowest BCUT2D eigenvalue weighted by molar-refractivity contribution is -0.0496. The number of carbonyl (C=O) groups is 1. The fourth-order valence-corrected chi connectivity index (χ4v) is 2.45. The maximum atomic E-state index is 14.1. The zero-order chi connectivity index (χ0) is 16.3. The molecule has 1 fully saturated rings. The van der Waals surface area contributed by atoms with Crippen molar-refractivity contribution in [2.45, 2.75) is 24.8 Å². The Bertz CT molecular complexity index is 548. The summed E-state index contributed by atoms with van der Waals surface area (Å²) in [7, 11) is 0. The predicted octanol–water partition coefficient (Wildman–Crippen LogP) is 2.18. The number of aromatic nitrogens is 1. The molecule has 2 heterocycles. The summed E-state index contributed by atoms with van der Waals surface area (Å²) in [6.07, 6.45) is 0.181. The summed E-state index contributed by atoms with van der Waals surface area (Å²) in [6, 6.07) is 0.0993. The monoisotopic (exact) mass is 321 g/mol. The van der Waals surface area contributed by atoms with Gasteiger partial charge in [-0.25, -0.2) is 18.6 Å². The van der Waals surface area contributed by atoms with Crippen molar-refractivity contribution in [2.24, 2.45) is 0 Å². The molecule has 0 bridgehead atoms. The Morgan fingerprint density at radius 1 is 1.41 bits per heavy atom. The molecule has 0 atom stereocenters. The van der Waals surface area contributed by atoms with Gasteiger partial charge in [0.2, 0.25) is 0 Å². The van der Waals surface area contributed by atoms with Gasteiger partial charge in [-0.15, -0.1) is 0 Å². The molecule has 5 nitrogen and oxygen atoms in total. The highest BCUT2D eigenvalue weighted by Gasteiger charge is 2.39. The number of carboxylic acid groups (broad SMARTS) is 1. The molecule has 1 aromatic rings. The van der Waals surface area contributed by atoms with E-state index in [0.29, 0.717) is 25.1 Å². The maximum absolute atomic E-state index is 14.1. The SMILES string of the molecule is O=C(O)NC1CCN(CC(F)(F)c2ncc(F)cc2F)CC1. The van der Waals surface area contributed by atoms with Gasteiger partial charge >= 0.3 is 12.0 Å². The van der Waals surface area contributed by atoms with E-state index in [1.165, 1.54) is 4.90 Å². The van der Waals surface area contributed by atoms with Crippen LogP contribution >= 0.6 is 0 Å². The lowest BCUT2D eigenvalue weighted by atomic mass is 10.0. The summed E-state index contributed by atoms with van der Waals surface area (Å²) >= 11 is 0. The lowest BCUT2D eigenvalue weighted by Gasteiger charge is -2.33. The average molecular weight is 321 g/mol. The molecule has 9 heteroatoms. The Hall–Kier alpha value is -1.90. The number of hydrogen-bond donors (Lipinski definition) is 2. The number of pyridine rings is 1. The van der Waals surface area contributed by atoms with Crippen molar-refractivity contribution >= 4 is 6.09 Å². The van der Waals surface area contributed by atoms with Gasteiger partial charge in [0.15, 0.2) is 5.82 Å².